The molecular formula is C21H21NO2S. The maximum atomic E-state index is 13.1. The molecule has 0 unspecified atom stereocenters. The third-order valence-corrected chi connectivity index (χ3v) is 4.76. The van der Waals surface area contributed by atoms with Gasteiger partial charge < -0.3 is 9.64 Å². The van der Waals surface area contributed by atoms with Gasteiger partial charge in [-0.25, -0.2) is 0 Å². The van der Waals surface area contributed by atoms with Crippen LogP contribution >= 0.6 is 11.3 Å². The maximum absolute atomic E-state index is 13.1. The van der Waals surface area contributed by atoms with E-state index in [0.717, 1.165) is 16.3 Å². The smallest absolute Gasteiger partial charge is 0.258 e. The molecule has 0 fully saturated rings. The summed E-state index contributed by atoms with van der Waals surface area (Å²) in [7, 11) is 0. The number of hydrogen-bond acceptors (Lipinski definition) is 3. The Bertz CT molecular complexity index is 808. The summed E-state index contributed by atoms with van der Waals surface area (Å²) in [6.07, 6.45) is 0. The Morgan fingerprint density at radius 2 is 1.76 bits per heavy atom. The van der Waals surface area contributed by atoms with Crippen LogP contribution < -0.4 is 9.64 Å². The quantitative estimate of drug-likeness (QED) is 0.603. The zero-order valence-corrected chi connectivity index (χ0v) is 15.3. The highest BCUT2D eigenvalue weighted by atomic mass is 32.1. The third kappa shape index (κ3) is 4.28. The van der Waals surface area contributed by atoms with Crippen molar-refractivity contribution in [2.75, 3.05) is 11.5 Å². The Kier molecular flexibility index (Phi) is 5.51. The number of hydrogen-bond donors (Lipinski definition) is 0. The van der Waals surface area contributed by atoms with Gasteiger partial charge in [-0.1, -0.05) is 23.8 Å². The number of carbonyl (C=O) groups is 1. The Morgan fingerprint density at radius 1 is 1.04 bits per heavy atom. The number of rotatable bonds is 6. The van der Waals surface area contributed by atoms with E-state index in [1.54, 1.807) is 11.3 Å². The highest BCUT2D eigenvalue weighted by molar-refractivity contribution is 7.09. The first-order valence-corrected chi connectivity index (χ1v) is 9.19. The number of anilines is 1. The van der Waals surface area contributed by atoms with Gasteiger partial charge in [-0.05, 0) is 61.7 Å². The van der Waals surface area contributed by atoms with Gasteiger partial charge in [-0.2, -0.15) is 0 Å². The predicted octanol–water partition coefficient (Wildman–Crippen LogP) is 5.30. The third-order valence-electron chi connectivity index (χ3n) is 3.90. The summed E-state index contributed by atoms with van der Waals surface area (Å²) in [4.78, 5) is 16.1. The van der Waals surface area contributed by atoms with Crippen LogP contribution in [0.3, 0.4) is 0 Å². The number of aryl methyl sites for hydroxylation is 1. The van der Waals surface area contributed by atoms with Crippen molar-refractivity contribution in [3.05, 3.63) is 82.0 Å². The Labute approximate surface area is 152 Å². The molecule has 3 aromatic rings. The van der Waals surface area contributed by atoms with Crippen LogP contribution in [-0.4, -0.2) is 12.5 Å². The normalized spacial score (nSPS) is 10.5. The fourth-order valence-electron chi connectivity index (χ4n) is 2.58. The second-order valence-corrected chi connectivity index (χ2v) is 6.80. The molecule has 0 atom stereocenters. The van der Waals surface area contributed by atoms with Gasteiger partial charge in [-0.15, -0.1) is 11.3 Å². The summed E-state index contributed by atoms with van der Waals surface area (Å²) in [5.41, 5.74) is 2.73. The molecule has 0 N–H and O–H groups in total. The summed E-state index contributed by atoms with van der Waals surface area (Å²) >= 11 is 1.66. The molecule has 0 aliphatic carbocycles. The van der Waals surface area contributed by atoms with E-state index in [0.29, 0.717) is 18.7 Å². The van der Waals surface area contributed by atoms with Gasteiger partial charge in [0.15, 0.2) is 0 Å². The van der Waals surface area contributed by atoms with E-state index in [1.807, 2.05) is 78.7 Å². The second kappa shape index (κ2) is 7.99. The lowest BCUT2D eigenvalue weighted by atomic mass is 10.1. The molecule has 0 aliphatic heterocycles. The van der Waals surface area contributed by atoms with Crippen LogP contribution in [-0.2, 0) is 6.54 Å². The van der Waals surface area contributed by atoms with Crippen molar-refractivity contribution in [2.45, 2.75) is 20.4 Å². The van der Waals surface area contributed by atoms with Crippen LogP contribution in [0, 0.1) is 6.92 Å². The van der Waals surface area contributed by atoms with E-state index in [-0.39, 0.29) is 5.91 Å². The maximum Gasteiger partial charge on any atom is 0.258 e. The lowest BCUT2D eigenvalue weighted by molar-refractivity contribution is 0.0985. The van der Waals surface area contributed by atoms with Gasteiger partial charge in [0.2, 0.25) is 0 Å². The van der Waals surface area contributed by atoms with E-state index in [1.165, 1.54) is 5.56 Å². The van der Waals surface area contributed by atoms with Gasteiger partial charge in [-0.3, -0.25) is 4.79 Å². The first-order valence-electron chi connectivity index (χ1n) is 8.31. The van der Waals surface area contributed by atoms with Crippen LogP contribution in [0.1, 0.15) is 27.7 Å². The summed E-state index contributed by atoms with van der Waals surface area (Å²) in [5.74, 6) is 0.763. The van der Waals surface area contributed by atoms with E-state index in [9.17, 15) is 4.79 Å². The van der Waals surface area contributed by atoms with E-state index >= 15 is 0 Å². The lowest BCUT2D eigenvalue weighted by Crippen LogP contribution is -2.30. The van der Waals surface area contributed by atoms with Gasteiger partial charge in [0, 0.05) is 16.1 Å². The molecule has 0 radical (unpaired) electrons. The molecule has 1 aromatic heterocycles. The molecule has 0 spiro atoms. The molecule has 25 heavy (non-hydrogen) atoms. The molecule has 2 aromatic carbocycles. The molecule has 4 heteroatoms. The van der Waals surface area contributed by atoms with Gasteiger partial charge in [0.25, 0.3) is 5.91 Å². The zero-order valence-electron chi connectivity index (χ0n) is 14.4. The lowest BCUT2D eigenvalue weighted by Gasteiger charge is -2.23. The van der Waals surface area contributed by atoms with Crippen LogP contribution in [0.25, 0.3) is 0 Å². The van der Waals surface area contributed by atoms with Crippen LogP contribution in [0.4, 0.5) is 5.69 Å². The number of ether oxygens (including phenoxy) is 1. The highest BCUT2D eigenvalue weighted by Crippen LogP contribution is 2.23. The molecule has 0 aliphatic rings. The molecule has 1 heterocycles. The first-order chi connectivity index (χ1) is 12.2. The minimum Gasteiger partial charge on any atom is -0.494 e. The fourth-order valence-corrected chi connectivity index (χ4v) is 3.27. The number of carbonyl (C=O) groups excluding carboxylic acids is 1. The van der Waals surface area contributed by atoms with Crippen molar-refractivity contribution in [1.29, 1.82) is 0 Å². The van der Waals surface area contributed by atoms with Gasteiger partial charge >= 0.3 is 0 Å². The number of thiophene rings is 1. The molecule has 3 rings (SSSR count). The van der Waals surface area contributed by atoms with Crippen LogP contribution in [0.5, 0.6) is 5.75 Å². The molecule has 0 bridgehead atoms. The van der Waals surface area contributed by atoms with Crippen molar-refractivity contribution in [3.8, 4) is 5.75 Å². The number of benzene rings is 2. The first kappa shape index (κ1) is 17.2. The zero-order chi connectivity index (χ0) is 17.6. The average molecular weight is 351 g/mol. The van der Waals surface area contributed by atoms with Crippen LogP contribution in [0.15, 0.2) is 66.0 Å². The molecule has 128 valence electrons. The summed E-state index contributed by atoms with van der Waals surface area (Å²) < 4.78 is 5.46. The van der Waals surface area contributed by atoms with Crippen molar-refractivity contribution < 1.29 is 9.53 Å². The number of amides is 1. The van der Waals surface area contributed by atoms with E-state index < -0.39 is 0 Å². The monoisotopic (exact) mass is 351 g/mol. The SMILES string of the molecule is CCOc1ccc(C(=O)N(Cc2cccs2)c2ccc(C)cc2)cc1. The van der Waals surface area contributed by atoms with Crippen molar-refractivity contribution in [1.82, 2.24) is 0 Å². The second-order valence-electron chi connectivity index (χ2n) is 5.76. The molecule has 0 saturated carbocycles. The Hall–Kier alpha value is -2.59. The predicted molar refractivity (Wildman–Crippen MR) is 104 cm³/mol. The molecule has 3 nitrogen and oxygen atoms in total. The number of nitrogens with zero attached hydrogens (tertiary/aromatic N) is 1. The van der Waals surface area contributed by atoms with E-state index in [2.05, 4.69) is 6.07 Å². The Balaban J connectivity index is 1.89. The molecule has 1 amide bonds. The fraction of sp³-hybridized carbons (Fsp3) is 0.190. The van der Waals surface area contributed by atoms with Crippen molar-refractivity contribution in [3.63, 3.8) is 0 Å². The average Bonchev–Trinajstić information content (AvgIpc) is 3.14. The van der Waals surface area contributed by atoms with Crippen molar-refractivity contribution >= 4 is 22.9 Å². The standard InChI is InChI=1S/C21H21NO2S/c1-3-24-19-12-8-17(9-13-19)21(23)22(15-20-5-4-14-25-20)18-10-6-16(2)7-11-18/h4-14H,3,15H2,1-2H3. The minimum absolute atomic E-state index is 0.0136. The Morgan fingerprint density at radius 3 is 2.36 bits per heavy atom. The van der Waals surface area contributed by atoms with Gasteiger partial charge in [0.1, 0.15) is 5.75 Å². The highest BCUT2D eigenvalue weighted by Gasteiger charge is 2.18. The molecular weight excluding hydrogens is 330 g/mol. The largest absolute Gasteiger partial charge is 0.494 e. The van der Waals surface area contributed by atoms with Crippen molar-refractivity contribution in [2.24, 2.45) is 0 Å². The topological polar surface area (TPSA) is 29.5 Å². The minimum atomic E-state index is -0.0136. The van der Waals surface area contributed by atoms with Gasteiger partial charge in [0.05, 0.1) is 13.2 Å². The summed E-state index contributed by atoms with van der Waals surface area (Å²) in [5, 5.41) is 2.03. The summed E-state index contributed by atoms with van der Waals surface area (Å²) in [6, 6.07) is 19.4. The summed E-state index contributed by atoms with van der Waals surface area (Å²) in [6.45, 7) is 5.16. The van der Waals surface area contributed by atoms with Crippen LogP contribution in [0.2, 0.25) is 0 Å². The molecule has 0 saturated heterocycles. The van der Waals surface area contributed by atoms with E-state index in [4.69, 9.17) is 4.74 Å².